The fraction of sp³-hybridized carbons (Fsp3) is 0.652. The van der Waals surface area contributed by atoms with Gasteiger partial charge in [-0.05, 0) is 50.2 Å². The highest BCUT2D eigenvalue weighted by atomic mass is 16.5. The number of para-hydroxylation sites is 1. The number of ether oxygens (including phenoxy) is 1. The maximum atomic E-state index is 12.0. The van der Waals surface area contributed by atoms with Gasteiger partial charge in [0.25, 0.3) is 0 Å². The van der Waals surface area contributed by atoms with Gasteiger partial charge in [-0.15, -0.1) is 0 Å². The Bertz CT molecular complexity index is 659. The molecule has 0 aliphatic heterocycles. The van der Waals surface area contributed by atoms with Crippen LogP contribution in [0.3, 0.4) is 0 Å². The molecule has 168 valence electrons. The van der Waals surface area contributed by atoms with Gasteiger partial charge in [0.2, 0.25) is 5.91 Å². The lowest BCUT2D eigenvalue weighted by Gasteiger charge is -2.21. The number of likely N-dealkylation sites (N-methyl/N-ethyl adjacent to an activating group) is 1. The zero-order valence-electron chi connectivity index (χ0n) is 19.1. The number of aliphatic imine (C=N–C) groups is 1. The van der Waals surface area contributed by atoms with E-state index in [0.29, 0.717) is 5.41 Å². The van der Waals surface area contributed by atoms with E-state index in [-0.39, 0.29) is 12.5 Å². The Hall–Kier alpha value is -2.28. The Morgan fingerprint density at radius 3 is 2.53 bits per heavy atom. The molecule has 30 heavy (non-hydrogen) atoms. The molecule has 1 aromatic rings. The van der Waals surface area contributed by atoms with Gasteiger partial charge in [-0.25, -0.2) is 4.99 Å². The molecule has 7 heteroatoms. The van der Waals surface area contributed by atoms with Gasteiger partial charge in [0.05, 0.1) is 0 Å². The molecule has 1 aliphatic rings. The van der Waals surface area contributed by atoms with E-state index >= 15 is 0 Å². The third kappa shape index (κ3) is 8.61. The third-order valence-corrected chi connectivity index (χ3v) is 5.60. The van der Waals surface area contributed by atoms with Crippen molar-refractivity contribution in [3.8, 4) is 0 Å². The lowest BCUT2D eigenvalue weighted by molar-refractivity contribution is -0.127. The second-order valence-corrected chi connectivity index (χ2v) is 8.29. The summed E-state index contributed by atoms with van der Waals surface area (Å²) >= 11 is 0. The topological polar surface area (TPSA) is 69.2 Å². The number of hydrogen-bond donors (Lipinski definition) is 2. The number of benzene rings is 1. The van der Waals surface area contributed by atoms with Gasteiger partial charge in [-0.1, -0.05) is 18.2 Å². The van der Waals surface area contributed by atoms with E-state index < -0.39 is 0 Å². The molecular weight excluding hydrogens is 378 g/mol. The van der Waals surface area contributed by atoms with E-state index in [1.165, 1.54) is 18.5 Å². The molecule has 1 amide bonds. The summed E-state index contributed by atoms with van der Waals surface area (Å²) in [6, 6.07) is 10.4. The first-order chi connectivity index (χ1) is 14.5. The smallest absolute Gasteiger partial charge is 0.243 e. The van der Waals surface area contributed by atoms with Crippen LogP contribution in [0.1, 0.15) is 32.6 Å². The Kier molecular flexibility index (Phi) is 9.94. The molecule has 0 aromatic heterocycles. The molecule has 0 bridgehead atoms. The summed E-state index contributed by atoms with van der Waals surface area (Å²) in [5.74, 6) is 0.715. The molecule has 0 saturated heterocycles. The molecule has 7 nitrogen and oxygen atoms in total. The Labute approximate surface area is 181 Å². The second kappa shape index (κ2) is 12.4. The molecule has 2 N–H and O–H groups in total. The zero-order valence-corrected chi connectivity index (χ0v) is 19.1. The standard InChI is InChI=1S/C23H39N5O2/c1-5-30-17-14-23(12-13-23)19-26-22(25-18-21(29)27(2)3)24-15-9-16-28(4)20-10-7-6-8-11-20/h6-8,10-11H,5,9,12-19H2,1-4H3,(H2,24,25,26). The predicted molar refractivity (Wildman–Crippen MR) is 124 cm³/mol. The van der Waals surface area contributed by atoms with E-state index in [0.717, 1.165) is 51.6 Å². The Morgan fingerprint density at radius 1 is 1.17 bits per heavy atom. The third-order valence-electron chi connectivity index (χ3n) is 5.60. The van der Waals surface area contributed by atoms with Gasteiger partial charge < -0.3 is 25.2 Å². The van der Waals surface area contributed by atoms with E-state index in [9.17, 15) is 4.79 Å². The summed E-state index contributed by atoms with van der Waals surface area (Å²) in [6.07, 6.45) is 4.49. The number of amides is 1. The average molecular weight is 418 g/mol. The van der Waals surface area contributed by atoms with Crippen LogP contribution in [0.5, 0.6) is 0 Å². The Balaban J connectivity index is 1.80. The maximum Gasteiger partial charge on any atom is 0.243 e. The van der Waals surface area contributed by atoms with E-state index in [1.807, 2.05) is 13.0 Å². The number of rotatable bonds is 13. The van der Waals surface area contributed by atoms with Crippen molar-refractivity contribution in [3.05, 3.63) is 30.3 Å². The second-order valence-electron chi connectivity index (χ2n) is 8.29. The largest absolute Gasteiger partial charge is 0.382 e. The average Bonchev–Trinajstić information content (AvgIpc) is 3.52. The van der Waals surface area contributed by atoms with Crippen LogP contribution in [0.25, 0.3) is 0 Å². The van der Waals surface area contributed by atoms with Crippen molar-refractivity contribution in [2.24, 2.45) is 10.4 Å². The van der Waals surface area contributed by atoms with Gasteiger partial charge in [-0.2, -0.15) is 0 Å². The molecule has 1 aliphatic carbocycles. The van der Waals surface area contributed by atoms with Crippen LogP contribution >= 0.6 is 0 Å². The molecule has 1 fully saturated rings. The minimum absolute atomic E-state index is 0.00241. The van der Waals surface area contributed by atoms with Crippen molar-refractivity contribution in [1.82, 2.24) is 15.5 Å². The predicted octanol–water partition coefficient (Wildman–Crippen LogP) is 2.34. The van der Waals surface area contributed by atoms with Crippen LogP contribution in [0.2, 0.25) is 0 Å². The summed E-state index contributed by atoms with van der Waals surface area (Å²) in [6.45, 7) is 6.36. The van der Waals surface area contributed by atoms with Crippen LogP contribution in [0, 0.1) is 5.41 Å². The molecule has 1 saturated carbocycles. The van der Waals surface area contributed by atoms with Crippen molar-refractivity contribution < 1.29 is 9.53 Å². The number of hydrogen-bond acceptors (Lipinski definition) is 4. The van der Waals surface area contributed by atoms with Crippen molar-refractivity contribution in [3.63, 3.8) is 0 Å². The first kappa shape index (κ1) is 24.0. The summed E-state index contributed by atoms with van der Waals surface area (Å²) in [5, 5.41) is 6.86. The van der Waals surface area contributed by atoms with Crippen molar-refractivity contribution in [1.29, 1.82) is 0 Å². The molecular formula is C23H39N5O2. The summed E-state index contributed by atoms with van der Waals surface area (Å²) in [4.78, 5) is 20.3. The molecule has 0 radical (unpaired) electrons. The summed E-state index contributed by atoms with van der Waals surface area (Å²) < 4.78 is 5.53. The quantitative estimate of drug-likeness (QED) is 0.293. The lowest BCUT2D eigenvalue weighted by atomic mass is 10.0. The number of anilines is 1. The fourth-order valence-electron chi connectivity index (χ4n) is 3.19. The number of carbonyl (C=O) groups excluding carboxylic acids is 1. The van der Waals surface area contributed by atoms with Gasteiger partial charge in [0.15, 0.2) is 5.96 Å². The number of nitrogens with zero attached hydrogens (tertiary/aromatic N) is 3. The van der Waals surface area contributed by atoms with Crippen molar-refractivity contribution >= 4 is 17.6 Å². The van der Waals surface area contributed by atoms with E-state index in [2.05, 4.69) is 51.8 Å². The first-order valence-corrected chi connectivity index (χ1v) is 11.0. The molecule has 2 rings (SSSR count). The molecule has 0 heterocycles. The summed E-state index contributed by atoms with van der Waals surface area (Å²) in [5.41, 5.74) is 1.53. The number of carbonyl (C=O) groups is 1. The van der Waals surface area contributed by atoms with Crippen LogP contribution in [-0.4, -0.2) is 77.3 Å². The zero-order chi connectivity index (χ0) is 21.8. The minimum Gasteiger partial charge on any atom is -0.382 e. The highest BCUT2D eigenvalue weighted by molar-refractivity contribution is 5.84. The number of nitrogens with one attached hydrogen (secondary N) is 2. The van der Waals surface area contributed by atoms with Crippen molar-refractivity contribution in [2.75, 3.05) is 65.4 Å². The van der Waals surface area contributed by atoms with Crippen LogP contribution in [-0.2, 0) is 9.53 Å². The molecule has 0 atom stereocenters. The molecule has 1 aromatic carbocycles. The maximum absolute atomic E-state index is 12.0. The van der Waals surface area contributed by atoms with Gasteiger partial charge >= 0.3 is 0 Å². The van der Waals surface area contributed by atoms with E-state index in [1.54, 1.807) is 19.0 Å². The number of guanidine groups is 1. The van der Waals surface area contributed by atoms with Gasteiger partial charge in [-0.3, -0.25) is 4.79 Å². The highest BCUT2D eigenvalue weighted by Crippen LogP contribution is 2.48. The lowest BCUT2D eigenvalue weighted by Crippen LogP contribution is -2.42. The highest BCUT2D eigenvalue weighted by Gasteiger charge is 2.41. The summed E-state index contributed by atoms with van der Waals surface area (Å²) in [7, 11) is 5.61. The fourth-order valence-corrected chi connectivity index (χ4v) is 3.19. The minimum atomic E-state index is -0.00241. The first-order valence-electron chi connectivity index (χ1n) is 11.0. The monoisotopic (exact) mass is 417 g/mol. The molecule has 0 spiro atoms. The molecule has 0 unspecified atom stereocenters. The van der Waals surface area contributed by atoms with Crippen molar-refractivity contribution in [2.45, 2.75) is 32.6 Å². The van der Waals surface area contributed by atoms with E-state index in [4.69, 9.17) is 4.74 Å². The van der Waals surface area contributed by atoms with Crippen LogP contribution < -0.4 is 15.5 Å². The van der Waals surface area contributed by atoms with Crippen LogP contribution in [0.4, 0.5) is 5.69 Å². The normalized spacial score (nSPS) is 14.9. The van der Waals surface area contributed by atoms with Crippen LogP contribution in [0.15, 0.2) is 35.3 Å². The van der Waals surface area contributed by atoms with Gasteiger partial charge in [0, 0.05) is 59.7 Å². The Morgan fingerprint density at radius 2 is 1.90 bits per heavy atom. The SMILES string of the molecule is CCOCCC1(CNC(=NCC(=O)N(C)C)NCCCN(C)c2ccccc2)CC1. The van der Waals surface area contributed by atoms with Gasteiger partial charge in [0.1, 0.15) is 6.54 Å².